The fourth-order valence-electron chi connectivity index (χ4n) is 4.76. The first-order valence-electron chi connectivity index (χ1n) is 12.9. The third-order valence-corrected chi connectivity index (χ3v) is 6.67. The molecule has 11 heteroatoms. The summed E-state index contributed by atoms with van der Waals surface area (Å²) in [4.78, 5) is 27.5. The molecule has 0 saturated carbocycles. The van der Waals surface area contributed by atoms with E-state index in [1.807, 2.05) is 13.0 Å². The summed E-state index contributed by atoms with van der Waals surface area (Å²) in [5.74, 6) is -0.142. The number of rotatable bonds is 7. The molecule has 2 amide bonds. The van der Waals surface area contributed by atoms with Crippen LogP contribution in [-0.2, 0) is 0 Å². The number of benzene rings is 3. The average Bonchev–Trinajstić information content (AvgIpc) is 3.48. The van der Waals surface area contributed by atoms with Crippen molar-refractivity contribution < 1.29 is 36.8 Å². The van der Waals surface area contributed by atoms with Gasteiger partial charge in [0.1, 0.15) is 17.6 Å². The largest absolute Gasteiger partial charge is 0.573 e. The maximum atomic E-state index is 13.3. The van der Waals surface area contributed by atoms with E-state index >= 15 is 0 Å². The number of carbonyl (C=O) groups is 2. The molecular formula is C30H26F3N3O5. The van der Waals surface area contributed by atoms with Crippen molar-refractivity contribution >= 4 is 17.5 Å². The first-order valence-corrected chi connectivity index (χ1v) is 12.9. The number of hydrogen-bond donors (Lipinski definition) is 1. The van der Waals surface area contributed by atoms with Gasteiger partial charge in [0.15, 0.2) is 0 Å². The van der Waals surface area contributed by atoms with Gasteiger partial charge in [-0.15, -0.1) is 13.2 Å². The van der Waals surface area contributed by atoms with E-state index in [1.165, 1.54) is 36.5 Å². The van der Waals surface area contributed by atoms with Gasteiger partial charge in [-0.1, -0.05) is 35.5 Å². The highest BCUT2D eigenvalue weighted by Gasteiger charge is 2.31. The van der Waals surface area contributed by atoms with Gasteiger partial charge >= 0.3 is 6.36 Å². The summed E-state index contributed by atoms with van der Waals surface area (Å²) < 4.78 is 52.7. The fourth-order valence-corrected chi connectivity index (χ4v) is 4.76. The Bertz CT molecular complexity index is 1510. The Hall–Kier alpha value is -4.80. The monoisotopic (exact) mass is 565 g/mol. The predicted octanol–water partition coefficient (Wildman–Crippen LogP) is 6.48. The topological polar surface area (TPSA) is 93.9 Å². The molecule has 0 unspecified atom stereocenters. The van der Waals surface area contributed by atoms with Crippen molar-refractivity contribution in [3.05, 3.63) is 95.9 Å². The molecule has 8 nitrogen and oxygen atoms in total. The van der Waals surface area contributed by atoms with Crippen LogP contribution in [0.3, 0.4) is 0 Å². The second kappa shape index (κ2) is 11.7. The number of aryl methyl sites for hydroxylation is 1. The summed E-state index contributed by atoms with van der Waals surface area (Å²) in [7, 11) is 0. The summed E-state index contributed by atoms with van der Waals surface area (Å²) in [5, 5.41) is 6.47. The lowest BCUT2D eigenvalue weighted by molar-refractivity contribution is -0.274. The van der Waals surface area contributed by atoms with Crippen LogP contribution in [0, 0.1) is 6.92 Å². The molecule has 0 radical (unpaired) electrons. The van der Waals surface area contributed by atoms with Crippen molar-refractivity contribution in [1.29, 1.82) is 0 Å². The van der Waals surface area contributed by atoms with Gasteiger partial charge in [0.25, 0.3) is 11.8 Å². The van der Waals surface area contributed by atoms with Crippen LogP contribution in [0.2, 0.25) is 0 Å². The molecule has 1 fully saturated rings. The smallest absolute Gasteiger partial charge is 0.490 e. The van der Waals surface area contributed by atoms with Gasteiger partial charge in [-0.25, -0.2) is 0 Å². The van der Waals surface area contributed by atoms with Crippen LogP contribution in [-0.4, -0.2) is 47.4 Å². The number of anilines is 1. The number of nitrogens with one attached hydrogen (secondary N) is 1. The summed E-state index contributed by atoms with van der Waals surface area (Å²) in [6.07, 6.45) is -2.19. The van der Waals surface area contributed by atoms with Crippen molar-refractivity contribution in [3.63, 3.8) is 0 Å². The third-order valence-electron chi connectivity index (χ3n) is 6.67. The molecule has 1 saturated heterocycles. The van der Waals surface area contributed by atoms with Gasteiger partial charge in [-0.05, 0) is 53.9 Å². The Morgan fingerprint density at radius 3 is 2.39 bits per heavy atom. The lowest BCUT2D eigenvalue weighted by Crippen LogP contribution is -2.41. The predicted molar refractivity (Wildman–Crippen MR) is 144 cm³/mol. The zero-order valence-electron chi connectivity index (χ0n) is 22.0. The average molecular weight is 566 g/mol. The Morgan fingerprint density at radius 1 is 0.976 bits per heavy atom. The number of nitrogens with zero attached hydrogens (tertiary/aromatic N) is 2. The summed E-state index contributed by atoms with van der Waals surface area (Å²) >= 11 is 0. The van der Waals surface area contributed by atoms with Crippen LogP contribution in [0.1, 0.15) is 39.3 Å². The van der Waals surface area contributed by atoms with Crippen molar-refractivity contribution in [2.24, 2.45) is 0 Å². The lowest BCUT2D eigenvalue weighted by atomic mass is 9.94. The number of carbonyl (C=O) groups excluding carboxylic acids is 2. The van der Waals surface area contributed by atoms with E-state index in [2.05, 4.69) is 15.2 Å². The number of alkyl halides is 3. The minimum absolute atomic E-state index is 0.104. The van der Waals surface area contributed by atoms with Crippen LogP contribution in [0.15, 0.2) is 83.5 Å². The summed E-state index contributed by atoms with van der Waals surface area (Å²) in [6, 6.07) is 19.2. The zero-order valence-corrected chi connectivity index (χ0v) is 22.0. The van der Waals surface area contributed by atoms with Crippen LogP contribution >= 0.6 is 0 Å². The molecule has 41 heavy (non-hydrogen) atoms. The zero-order chi connectivity index (χ0) is 29.0. The number of ether oxygens (including phenoxy) is 2. The normalized spacial score (nSPS) is 14.0. The highest BCUT2D eigenvalue weighted by Crippen LogP contribution is 2.32. The fraction of sp³-hybridized carbons (Fsp3) is 0.233. The maximum absolute atomic E-state index is 13.3. The molecule has 1 aliphatic heterocycles. The number of piperidine rings is 1. The van der Waals surface area contributed by atoms with Gasteiger partial charge in [-0.2, -0.15) is 0 Å². The molecule has 0 bridgehead atoms. The molecule has 0 spiro atoms. The van der Waals surface area contributed by atoms with Crippen LogP contribution in [0.4, 0.5) is 18.9 Å². The minimum Gasteiger partial charge on any atom is -0.490 e. The van der Waals surface area contributed by atoms with Gasteiger partial charge in [0.05, 0.1) is 6.20 Å². The number of aromatic nitrogens is 1. The molecule has 0 atom stereocenters. The number of likely N-dealkylation sites (tertiary alicyclic amines) is 1. The van der Waals surface area contributed by atoms with E-state index < -0.39 is 6.36 Å². The molecule has 3 aromatic carbocycles. The van der Waals surface area contributed by atoms with E-state index in [0.717, 1.165) is 5.56 Å². The maximum Gasteiger partial charge on any atom is 0.573 e. The van der Waals surface area contributed by atoms with Crippen molar-refractivity contribution in [2.45, 2.75) is 32.2 Å². The van der Waals surface area contributed by atoms with Gasteiger partial charge < -0.3 is 24.2 Å². The number of amides is 2. The Kier molecular flexibility index (Phi) is 7.95. The molecule has 2 heterocycles. The molecule has 212 valence electrons. The SMILES string of the molecule is Cc1cccc(C(=O)Nc2cccc(OC3CCN(C(=O)c4ccno4)CC3)c2)c1-c1ccc(OC(F)(F)F)cc1. The summed E-state index contributed by atoms with van der Waals surface area (Å²) in [6.45, 7) is 2.85. The van der Waals surface area contributed by atoms with Crippen molar-refractivity contribution in [3.8, 4) is 22.6 Å². The first kappa shape index (κ1) is 27.8. The molecular weight excluding hydrogens is 539 g/mol. The number of halogens is 3. The first-order chi connectivity index (χ1) is 19.7. The standard InChI is InChI=1S/C30H26F3N3O5/c1-19-4-2-7-25(27(19)20-8-10-23(11-9-20)40-30(31,32)33)28(37)35-21-5-3-6-24(18-21)39-22-13-16-36(17-14-22)29(38)26-12-15-34-41-26/h2-12,15,18,22H,13-14,16-17H2,1H3,(H,35,37). The van der Waals surface area contributed by atoms with E-state index in [9.17, 15) is 22.8 Å². The van der Waals surface area contributed by atoms with Crippen LogP contribution in [0.5, 0.6) is 11.5 Å². The summed E-state index contributed by atoms with van der Waals surface area (Å²) in [5.41, 5.74) is 2.85. The Morgan fingerprint density at radius 2 is 1.71 bits per heavy atom. The molecule has 0 aliphatic carbocycles. The molecule has 1 N–H and O–H groups in total. The van der Waals surface area contributed by atoms with E-state index in [1.54, 1.807) is 41.3 Å². The third kappa shape index (κ3) is 6.86. The van der Waals surface area contributed by atoms with Crippen molar-refractivity contribution in [1.82, 2.24) is 10.1 Å². The van der Waals surface area contributed by atoms with Gasteiger partial charge in [-0.3, -0.25) is 9.59 Å². The highest BCUT2D eigenvalue weighted by atomic mass is 19.4. The second-order valence-electron chi connectivity index (χ2n) is 9.54. The van der Waals surface area contributed by atoms with Crippen LogP contribution in [0.25, 0.3) is 11.1 Å². The van der Waals surface area contributed by atoms with Gasteiger partial charge in [0.2, 0.25) is 5.76 Å². The van der Waals surface area contributed by atoms with E-state index in [0.29, 0.717) is 54.1 Å². The highest BCUT2D eigenvalue weighted by molar-refractivity contribution is 6.09. The molecule has 1 aromatic heterocycles. The second-order valence-corrected chi connectivity index (χ2v) is 9.54. The lowest BCUT2D eigenvalue weighted by Gasteiger charge is -2.31. The van der Waals surface area contributed by atoms with E-state index in [4.69, 9.17) is 9.26 Å². The minimum atomic E-state index is -4.79. The van der Waals surface area contributed by atoms with E-state index in [-0.39, 0.29) is 29.4 Å². The molecule has 5 rings (SSSR count). The Balaban J connectivity index is 1.24. The van der Waals surface area contributed by atoms with Crippen LogP contribution < -0.4 is 14.8 Å². The van der Waals surface area contributed by atoms with Crippen molar-refractivity contribution in [2.75, 3.05) is 18.4 Å². The number of hydrogen-bond acceptors (Lipinski definition) is 6. The Labute approximate surface area is 233 Å². The molecule has 1 aliphatic rings. The van der Waals surface area contributed by atoms with Gasteiger partial charge in [0, 0.05) is 49.3 Å². The quantitative estimate of drug-likeness (QED) is 0.276. The molecule has 4 aromatic rings.